The second-order valence-corrected chi connectivity index (χ2v) is 5.90. The molecular formula is C13H17NO5S. The van der Waals surface area contributed by atoms with Crippen LogP contribution in [0.3, 0.4) is 0 Å². The molecule has 0 amide bonds. The van der Waals surface area contributed by atoms with Gasteiger partial charge in [-0.2, -0.15) is 4.31 Å². The van der Waals surface area contributed by atoms with Crippen LogP contribution >= 0.6 is 0 Å². The number of rotatable bonds is 7. The number of hydrogen-bond acceptors (Lipinski definition) is 4. The number of carboxylic acids is 1. The molecule has 0 atom stereocenters. The summed E-state index contributed by atoms with van der Waals surface area (Å²) in [5.74, 6) is -1.10. The van der Waals surface area contributed by atoms with Gasteiger partial charge in [-0.3, -0.25) is 0 Å². The predicted octanol–water partition coefficient (Wildman–Crippen LogP) is 0.787. The monoisotopic (exact) mass is 299 g/mol. The maximum Gasteiger partial charge on any atom is 0.328 e. The minimum Gasteiger partial charge on any atom is -0.478 e. The molecule has 1 rings (SSSR count). The van der Waals surface area contributed by atoms with Crippen LogP contribution in [0.5, 0.6) is 0 Å². The molecule has 0 aliphatic rings. The Bertz CT molecular complexity index is 595. The number of carboxylic acid groups (broad SMARTS) is 1. The van der Waals surface area contributed by atoms with Crippen molar-refractivity contribution in [2.45, 2.75) is 11.8 Å². The second-order valence-electron chi connectivity index (χ2n) is 3.96. The van der Waals surface area contributed by atoms with E-state index in [2.05, 4.69) is 0 Å². The van der Waals surface area contributed by atoms with Gasteiger partial charge in [0, 0.05) is 19.2 Å². The summed E-state index contributed by atoms with van der Waals surface area (Å²) in [6, 6.07) is 5.99. The quantitative estimate of drug-likeness (QED) is 0.726. The number of aliphatic hydroxyl groups is 1. The lowest BCUT2D eigenvalue weighted by molar-refractivity contribution is -0.131. The van der Waals surface area contributed by atoms with Gasteiger partial charge in [-0.15, -0.1) is 0 Å². The van der Waals surface area contributed by atoms with Crippen LogP contribution in [0.4, 0.5) is 0 Å². The third kappa shape index (κ3) is 4.16. The van der Waals surface area contributed by atoms with Gasteiger partial charge in [-0.1, -0.05) is 19.1 Å². The SMILES string of the molecule is CCN(CCO)S(=O)(=O)c1cccc(C=CC(=O)O)c1. The van der Waals surface area contributed by atoms with Gasteiger partial charge in [-0.25, -0.2) is 13.2 Å². The Morgan fingerprint density at radius 1 is 1.40 bits per heavy atom. The molecule has 0 radical (unpaired) electrons. The minimum absolute atomic E-state index is 0.0219. The van der Waals surface area contributed by atoms with Crippen molar-refractivity contribution in [2.24, 2.45) is 0 Å². The second kappa shape index (κ2) is 7.18. The fourth-order valence-electron chi connectivity index (χ4n) is 1.66. The Morgan fingerprint density at radius 3 is 2.65 bits per heavy atom. The van der Waals surface area contributed by atoms with Crippen molar-refractivity contribution in [1.29, 1.82) is 0 Å². The molecule has 0 heterocycles. The largest absolute Gasteiger partial charge is 0.478 e. The summed E-state index contributed by atoms with van der Waals surface area (Å²) in [6.45, 7) is 1.69. The number of aliphatic carboxylic acids is 1. The van der Waals surface area contributed by atoms with Gasteiger partial charge >= 0.3 is 5.97 Å². The van der Waals surface area contributed by atoms with Crippen LogP contribution in [0.2, 0.25) is 0 Å². The third-order valence-corrected chi connectivity index (χ3v) is 4.59. The maximum absolute atomic E-state index is 12.3. The van der Waals surface area contributed by atoms with Crippen LogP contribution in [0.1, 0.15) is 12.5 Å². The number of nitrogens with zero attached hydrogens (tertiary/aromatic N) is 1. The van der Waals surface area contributed by atoms with E-state index in [1.807, 2.05) is 0 Å². The van der Waals surface area contributed by atoms with Gasteiger partial charge in [0.2, 0.25) is 10.0 Å². The number of likely N-dealkylation sites (N-methyl/N-ethyl adjacent to an activating group) is 1. The molecule has 0 bridgehead atoms. The van der Waals surface area contributed by atoms with E-state index in [4.69, 9.17) is 10.2 Å². The molecule has 20 heavy (non-hydrogen) atoms. The first-order chi connectivity index (χ1) is 9.41. The maximum atomic E-state index is 12.3. The van der Waals surface area contributed by atoms with Crippen molar-refractivity contribution in [2.75, 3.05) is 19.7 Å². The van der Waals surface area contributed by atoms with Crippen LogP contribution in [0.15, 0.2) is 35.2 Å². The normalized spacial score (nSPS) is 12.2. The molecular weight excluding hydrogens is 282 g/mol. The van der Waals surface area contributed by atoms with Crippen molar-refractivity contribution in [3.63, 3.8) is 0 Å². The van der Waals surface area contributed by atoms with E-state index in [-0.39, 0.29) is 24.6 Å². The number of hydrogen-bond donors (Lipinski definition) is 2. The highest BCUT2D eigenvalue weighted by atomic mass is 32.2. The van der Waals surface area contributed by atoms with Crippen molar-refractivity contribution in [1.82, 2.24) is 4.31 Å². The highest BCUT2D eigenvalue weighted by Crippen LogP contribution is 2.17. The van der Waals surface area contributed by atoms with E-state index < -0.39 is 16.0 Å². The molecule has 7 heteroatoms. The molecule has 2 N–H and O–H groups in total. The van der Waals surface area contributed by atoms with E-state index in [9.17, 15) is 13.2 Å². The molecule has 1 aromatic carbocycles. The number of carbonyl (C=O) groups is 1. The molecule has 0 fully saturated rings. The molecule has 0 saturated heterocycles. The van der Waals surface area contributed by atoms with E-state index >= 15 is 0 Å². The van der Waals surface area contributed by atoms with Crippen LogP contribution in [-0.2, 0) is 14.8 Å². The highest BCUT2D eigenvalue weighted by molar-refractivity contribution is 7.89. The summed E-state index contributed by atoms with van der Waals surface area (Å²) in [5.41, 5.74) is 0.480. The molecule has 0 aliphatic heterocycles. The fraction of sp³-hybridized carbons (Fsp3) is 0.308. The Labute approximate surface area is 118 Å². The summed E-state index contributed by atoms with van der Waals surface area (Å²) in [5, 5.41) is 17.5. The first-order valence-electron chi connectivity index (χ1n) is 6.04. The lowest BCUT2D eigenvalue weighted by Crippen LogP contribution is -2.33. The highest BCUT2D eigenvalue weighted by Gasteiger charge is 2.22. The molecule has 0 unspecified atom stereocenters. The van der Waals surface area contributed by atoms with Gasteiger partial charge < -0.3 is 10.2 Å². The lowest BCUT2D eigenvalue weighted by Gasteiger charge is -2.19. The molecule has 0 aliphatic carbocycles. The topological polar surface area (TPSA) is 94.9 Å². The molecule has 0 spiro atoms. The molecule has 1 aromatic rings. The summed E-state index contributed by atoms with van der Waals surface area (Å²) in [7, 11) is -3.68. The van der Waals surface area contributed by atoms with Crippen molar-refractivity contribution in [3.05, 3.63) is 35.9 Å². The zero-order valence-corrected chi connectivity index (χ0v) is 11.9. The predicted molar refractivity (Wildman–Crippen MR) is 74.6 cm³/mol. The van der Waals surface area contributed by atoms with Gasteiger partial charge in [0.05, 0.1) is 11.5 Å². The zero-order valence-electron chi connectivity index (χ0n) is 11.1. The molecule has 110 valence electrons. The Kier molecular flexibility index (Phi) is 5.87. The van der Waals surface area contributed by atoms with Crippen LogP contribution in [-0.4, -0.2) is 48.6 Å². The van der Waals surface area contributed by atoms with Gasteiger partial charge in [0.1, 0.15) is 0 Å². The summed E-state index contributed by atoms with van der Waals surface area (Å²) in [4.78, 5) is 10.5. The van der Waals surface area contributed by atoms with E-state index in [0.29, 0.717) is 5.56 Å². The summed E-state index contributed by atoms with van der Waals surface area (Å²) in [6.07, 6.45) is 2.26. The van der Waals surface area contributed by atoms with Crippen molar-refractivity contribution in [3.8, 4) is 0 Å². The van der Waals surface area contributed by atoms with Crippen molar-refractivity contribution < 1.29 is 23.4 Å². The minimum atomic E-state index is -3.68. The van der Waals surface area contributed by atoms with E-state index in [0.717, 1.165) is 10.4 Å². The number of sulfonamides is 1. The van der Waals surface area contributed by atoms with Gasteiger partial charge in [0.25, 0.3) is 0 Å². The number of benzene rings is 1. The van der Waals surface area contributed by atoms with E-state index in [1.165, 1.54) is 18.2 Å². The lowest BCUT2D eigenvalue weighted by atomic mass is 10.2. The standard InChI is InChI=1S/C13H17NO5S/c1-2-14(8-9-15)20(18,19)12-5-3-4-11(10-12)6-7-13(16)17/h3-7,10,15H,2,8-9H2,1H3,(H,16,17). The summed E-state index contributed by atoms with van der Waals surface area (Å²) < 4.78 is 25.8. The van der Waals surface area contributed by atoms with Crippen LogP contribution < -0.4 is 0 Å². The third-order valence-electron chi connectivity index (χ3n) is 2.62. The fourth-order valence-corrected chi connectivity index (χ4v) is 3.15. The summed E-state index contributed by atoms with van der Waals surface area (Å²) >= 11 is 0. The zero-order chi connectivity index (χ0) is 15.2. The smallest absolute Gasteiger partial charge is 0.328 e. The van der Waals surface area contributed by atoms with Crippen molar-refractivity contribution >= 4 is 22.1 Å². The van der Waals surface area contributed by atoms with Crippen LogP contribution in [0, 0.1) is 0 Å². The molecule has 0 saturated carbocycles. The Balaban J connectivity index is 3.13. The average molecular weight is 299 g/mol. The van der Waals surface area contributed by atoms with Gasteiger partial charge in [0.15, 0.2) is 0 Å². The number of aliphatic hydroxyl groups excluding tert-OH is 1. The Morgan fingerprint density at radius 2 is 2.10 bits per heavy atom. The van der Waals surface area contributed by atoms with Gasteiger partial charge in [-0.05, 0) is 23.8 Å². The Hall–Kier alpha value is -1.70. The average Bonchev–Trinajstić information content (AvgIpc) is 2.42. The first-order valence-corrected chi connectivity index (χ1v) is 7.48. The first kappa shape index (κ1) is 16.4. The molecule has 0 aromatic heterocycles. The molecule has 6 nitrogen and oxygen atoms in total. The van der Waals surface area contributed by atoms with Crippen LogP contribution in [0.25, 0.3) is 6.08 Å². The van der Waals surface area contributed by atoms with E-state index in [1.54, 1.807) is 19.1 Å².